The Kier molecular flexibility index (Phi) is 1.29. The molecule has 0 saturated carbocycles. The van der Waals surface area contributed by atoms with E-state index in [1.54, 1.807) is 0 Å². The van der Waals surface area contributed by atoms with Crippen LogP contribution in [0.25, 0.3) is 0 Å². The number of hydrogen-bond acceptors (Lipinski definition) is 4. The molecule has 0 heterocycles. The van der Waals surface area contributed by atoms with Crippen molar-refractivity contribution in [3.63, 3.8) is 0 Å². The van der Waals surface area contributed by atoms with Crippen molar-refractivity contribution >= 4 is 0 Å². The normalized spacial score (nSPS) is 11.3. The van der Waals surface area contributed by atoms with Crippen LogP contribution < -0.4 is 11.5 Å². The zero-order valence-electron chi connectivity index (χ0n) is 3.92. The Balaban J connectivity index is 3.79. The first-order chi connectivity index (χ1) is 2.94. The SMILES string of the molecule is CC(N)(N)[N+](=O)[O-]. The molecule has 4 N–H and O–H groups in total. The molecule has 0 amide bonds. The highest BCUT2D eigenvalue weighted by molar-refractivity contribution is 4.49. The molecular formula is C2H7N3O2. The summed E-state index contributed by atoms with van der Waals surface area (Å²) in [6, 6.07) is 0. The lowest BCUT2D eigenvalue weighted by atomic mass is 10.5. The maximum atomic E-state index is 9.58. The molecule has 0 aromatic rings. The van der Waals surface area contributed by atoms with Crippen molar-refractivity contribution in [3.8, 4) is 0 Å². The Hall–Kier alpha value is -0.680. The maximum absolute atomic E-state index is 9.58. The number of hydrogen-bond donors (Lipinski definition) is 2. The fourth-order valence-corrected chi connectivity index (χ4v) is 0. The molecule has 0 aliphatic carbocycles. The fraction of sp³-hybridized carbons (Fsp3) is 1.00. The van der Waals surface area contributed by atoms with Gasteiger partial charge in [0, 0.05) is 6.92 Å². The van der Waals surface area contributed by atoms with E-state index in [-0.39, 0.29) is 0 Å². The quantitative estimate of drug-likeness (QED) is 0.250. The number of rotatable bonds is 1. The average molecular weight is 105 g/mol. The summed E-state index contributed by atoms with van der Waals surface area (Å²) in [6.45, 7) is 1.12. The minimum absolute atomic E-state index is 0.757. The van der Waals surface area contributed by atoms with Crippen LogP contribution in [0.2, 0.25) is 0 Å². The smallest absolute Gasteiger partial charge is 0.261 e. The Morgan fingerprint density at radius 2 is 1.86 bits per heavy atom. The van der Waals surface area contributed by atoms with Crippen molar-refractivity contribution < 1.29 is 4.92 Å². The van der Waals surface area contributed by atoms with Gasteiger partial charge in [0.15, 0.2) is 0 Å². The molecule has 42 valence electrons. The molecule has 0 aliphatic rings. The van der Waals surface area contributed by atoms with Crippen LogP contribution in [0.5, 0.6) is 0 Å². The molecule has 5 nitrogen and oxygen atoms in total. The van der Waals surface area contributed by atoms with E-state index in [1.807, 2.05) is 0 Å². The summed E-state index contributed by atoms with van der Waals surface area (Å²) in [5, 5.41) is 9.58. The minimum atomic E-state index is -1.78. The van der Waals surface area contributed by atoms with Gasteiger partial charge in [0.05, 0.1) is 4.92 Å². The van der Waals surface area contributed by atoms with Gasteiger partial charge < -0.3 is 0 Å². The first kappa shape index (κ1) is 6.32. The lowest BCUT2D eigenvalue weighted by molar-refractivity contribution is -0.563. The number of nitro groups is 1. The Morgan fingerprint density at radius 3 is 1.86 bits per heavy atom. The minimum Gasteiger partial charge on any atom is -0.261 e. The molecule has 0 rings (SSSR count). The van der Waals surface area contributed by atoms with Crippen LogP contribution in [-0.4, -0.2) is 10.7 Å². The molecule has 0 aliphatic heterocycles. The maximum Gasteiger partial charge on any atom is 0.324 e. The van der Waals surface area contributed by atoms with Gasteiger partial charge in [0.25, 0.3) is 0 Å². The zero-order valence-corrected chi connectivity index (χ0v) is 3.92. The third kappa shape index (κ3) is 2.07. The van der Waals surface area contributed by atoms with Crippen LogP contribution in [0.3, 0.4) is 0 Å². The third-order valence-electron chi connectivity index (χ3n) is 0.393. The molecule has 0 aromatic carbocycles. The molecule has 0 radical (unpaired) electrons. The largest absolute Gasteiger partial charge is 0.324 e. The van der Waals surface area contributed by atoms with E-state index in [0.717, 1.165) is 6.92 Å². The van der Waals surface area contributed by atoms with E-state index in [0.29, 0.717) is 0 Å². The van der Waals surface area contributed by atoms with Gasteiger partial charge in [-0.15, -0.1) is 0 Å². The summed E-state index contributed by atoms with van der Waals surface area (Å²) in [7, 11) is 0. The molecule has 0 spiro atoms. The van der Waals surface area contributed by atoms with Gasteiger partial charge in [0.1, 0.15) is 0 Å². The van der Waals surface area contributed by atoms with Gasteiger partial charge in [-0.05, 0) is 0 Å². The van der Waals surface area contributed by atoms with E-state index in [1.165, 1.54) is 0 Å². The van der Waals surface area contributed by atoms with Crippen LogP contribution in [-0.2, 0) is 0 Å². The van der Waals surface area contributed by atoms with Crippen LogP contribution >= 0.6 is 0 Å². The Morgan fingerprint density at radius 1 is 1.71 bits per heavy atom. The Bertz CT molecular complexity index is 83.4. The monoisotopic (exact) mass is 105 g/mol. The highest BCUT2D eigenvalue weighted by atomic mass is 16.6. The van der Waals surface area contributed by atoms with Crippen molar-refractivity contribution in [2.75, 3.05) is 0 Å². The van der Waals surface area contributed by atoms with E-state index in [4.69, 9.17) is 11.5 Å². The average Bonchev–Trinajstić information content (AvgIpc) is 1.31. The molecular weight excluding hydrogens is 98.0 g/mol. The number of nitrogens with two attached hydrogens (primary N) is 2. The molecule has 5 heteroatoms. The zero-order chi connectivity index (χ0) is 6.08. The van der Waals surface area contributed by atoms with Gasteiger partial charge in [-0.25, -0.2) is 0 Å². The fourth-order valence-electron chi connectivity index (χ4n) is 0. The van der Waals surface area contributed by atoms with Crippen molar-refractivity contribution in [2.24, 2.45) is 11.5 Å². The molecule has 0 aromatic heterocycles. The lowest BCUT2D eigenvalue weighted by Crippen LogP contribution is -2.53. The highest BCUT2D eigenvalue weighted by Crippen LogP contribution is 1.84. The summed E-state index contributed by atoms with van der Waals surface area (Å²) < 4.78 is 0. The van der Waals surface area contributed by atoms with Crippen LogP contribution in [0.15, 0.2) is 0 Å². The number of nitrogens with zero attached hydrogens (tertiary/aromatic N) is 1. The summed E-state index contributed by atoms with van der Waals surface area (Å²) >= 11 is 0. The van der Waals surface area contributed by atoms with Crippen molar-refractivity contribution in [3.05, 3.63) is 10.1 Å². The first-order valence-electron chi connectivity index (χ1n) is 1.67. The van der Waals surface area contributed by atoms with Crippen molar-refractivity contribution in [1.82, 2.24) is 0 Å². The van der Waals surface area contributed by atoms with E-state index in [2.05, 4.69) is 0 Å². The predicted octanol–water partition coefficient (Wildman–Crippen LogP) is -1.15. The van der Waals surface area contributed by atoms with Gasteiger partial charge >= 0.3 is 5.79 Å². The Labute approximate surface area is 40.4 Å². The summed E-state index contributed by atoms with van der Waals surface area (Å²) in [6.07, 6.45) is 0. The van der Waals surface area contributed by atoms with Gasteiger partial charge in [-0.2, -0.15) is 0 Å². The van der Waals surface area contributed by atoms with Gasteiger partial charge in [-0.3, -0.25) is 21.6 Å². The summed E-state index contributed by atoms with van der Waals surface area (Å²) in [5.41, 5.74) is 9.51. The van der Waals surface area contributed by atoms with Gasteiger partial charge in [0.2, 0.25) is 0 Å². The van der Waals surface area contributed by atoms with E-state index < -0.39 is 10.7 Å². The first-order valence-corrected chi connectivity index (χ1v) is 1.67. The second-order valence-electron chi connectivity index (χ2n) is 1.48. The van der Waals surface area contributed by atoms with Crippen molar-refractivity contribution in [2.45, 2.75) is 12.7 Å². The highest BCUT2D eigenvalue weighted by Gasteiger charge is 2.23. The van der Waals surface area contributed by atoms with Gasteiger partial charge in [-0.1, -0.05) is 0 Å². The van der Waals surface area contributed by atoms with E-state index in [9.17, 15) is 10.1 Å². The summed E-state index contributed by atoms with van der Waals surface area (Å²) in [4.78, 5) is 8.82. The molecule has 0 saturated heterocycles. The standard InChI is InChI=1S/C2H7N3O2/c1-2(3,4)5(6)7/h3-4H2,1H3. The molecule has 0 bridgehead atoms. The van der Waals surface area contributed by atoms with E-state index >= 15 is 0 Å². The summed E-state index contributed by atoms with van der Waals surface area (Å²) in [5.74, 6) is -1.78. The molecule has 0 unspecified atom stereocenters. The second kappa shape index (κ2) is 1.43. The topological polar surface area (TPSA) is 95.2 Å². The lowest BCUT2D eigenvalue weighted by Gasteiger charge is -2.05. The second-order valence-corrected chi connectivity index (χ2v) is 1.48. The van der Waals surface area contributed by atoms with Crippen LogP contribution in [0.4, 0.5) is 0 Å². The van der Waals surface area contributed by atoms with Crippen LogP contribution in [0, 0.1) is 10.1 Å². The molecule has 0 fully saturated rings. The molecule has 0 atom stereocenters. The molecule has 7 heavy (non-hydrogen) atoms. The predicted molar refractivity (Wildman–Crippen MR) is 23.8 cm³/mol. The third-order valence-corrected chi connectivity index (χ3v) is 0.393. The van der Waals surface area contributed by atoms with Crippen LogP contribution in [0.1, 0.15) is 6.92 Å². The van der Waals surface area contributed by atoms with Crippen molar-refractivity contribution in [1.29, 1.82) is 0 Å².